The second-order valence-corrected chi connectivity index (χ2v) is 2.72. The van der Waals surface area contributed by atoms with Crippen molar-refractivity contribution in [2.45, 2.75) is 0 Å². The predicted octanol–water partition coefficient (Wildman–Crippen LogP) is -0.0222. The summed E-state index contributed by atoms with van der Waals surface area (Å²) in [5.41, 5.74) is 0.547. The third kappa shape index (κ3) is 2.99. The minimum Gasteiger partial charge on any atom is -0.387 e. The summed E-state index contributed by atoms with van der Waals surface area (Å²) in [4.78, 5) is 22.0. The van der Waals surface area contributed by atoms with Crippen LogP contribution in [0.2, 0.25) is 0 Å². The number of Topliss-reactive ketones (excluding diaryl/α,β-unsaturated/α-hetero) is 1. The molecule has 1 amide bonds. The van der Waals surface area contributed by atoms with Gasteiger partial charge in [0.1, 0.15) is 6.61 Å². The molecule has 0 saturated heterocycles. The summed E-state index contributed by atoms with van der Waals surface area (Å²) in [6.45, 7) is -0.675. The normalized spacial score (nSPS) is 9.50. The van der Waals surface area contributed by atoms with Crippen LogP contribution in [0, 0.1) is 0 Å². The number of benzene rings is 1. The summed E-state index contributed by atoms with van der Waals surface area (Å²) < 4.78 is 0. The molecular weight excluding hydrogens is 182 g/mol. The van der Waals surface area contributed by atoms with Crippen LogP contribution in [-0.2, 0) is 4.79 Å². The minimum absolute atomic E-state index is 0.0800. The predicted molar refractivity (Wildman–Crippen MR) is 50.9 cm³/mol. The third-order valence-electron chi connectivity index (χ3n) is 1.69. The SMILES string of the molecule is O=C(CO)NCC(=O)c1ccccc1. The number of hydrogen-bond donors (Lipinski definition) is 2. The zero-order chi connectivity index (χ0) is 10.4. The lowest BCUT2D eigenvalue weighted by Crippen LogP contribution is -2.31. The van der Waals surface area contributed by atoms with Gasteiger partial charge in [-0.2, -0.15) is 0 Å². The smallest absolute Gasteiger partial charge is 0.246 e. The molecule has 2 N–H and O–H groups in total. The Kier molecular flexibility index (Phi) is 3.82. The second kappa shape index (κ2) is 5.14. The number of amides is 1. The van der Waals surface area contributed by atoms with Crippen LogP contribution in [0.5, 0.6) is 0 Å². The Labute approximate surface area is 81.6 Å². The van der Waals surface area contributed by atoms with Crippen molar-refractivity contribution >= 4 is 11.7 Å². The number of hydrogen-bond acceptors (Lipinski definition) is 3. The Balaban J connectivity index is 2.48. The fourth-order valence-electron chi connectivity index (χ4n) is 0.961. The van der Waals surface area contributed by atoms with Gasteiger partial charge in [-0.3, -0.25) is 9.59 Å². The van der Waals surface area contributed by atoms with Gasteiger partial charge in [0.2, 0.25) is 5.91 Å². The van der Waals surface area contributed by atoms with Gasteiger partial charge in [0.25, 0.3) is 0 Å². The van der Waals surface area contributed by atoms with E-state index in [-0.39, 0.29) is 12.3 Å². The van der Waals surface area contributed by atoms with E-state index in [1.807, 2.05) is 6.07 Å². The van der Waals surface area contributed by atoms with E-state index in [1.54, 1.807) is 24.3 Å². The van der Waals surface area contributed by atoms with Crippen LogP contribution in [0.15, 0.2) is 30.3 Å². The molecule has 0 unspecified atom stereocenters. The van der Waals surface area contributed by atoms with Crippen LogP contribution in [0.3, 0.4) is 0 Å². The average Bonchev–Trinajstić information content (AvgIpc) is 2.26. The number of aliphatic hydroxyl groups excluding tert-OH is 1. The van der Waals surface area contributed by atoms with Crippen LogP contribution in [-0.4, -0.2) is 29.9 Å². The van der Waals surface area contributed by atoms with Crippen LogP contribution in [0.25, 0.3) is 0 Å². The van der Waals surface area contributed by atoms with E-state index in [9.17, 15) is 9.59 Å². The van der Waals surface area contributed by atoms with Crippen LogP contribution < -0.4 is 5.32 Å². The fourth-order valence-corrected chi connectivity index (χ4v) is 0.961. The second-order valence-electron chi connectivity index (χ2n) is 2.72. The largest absolute Gasteiger partial charge is 0.387 e. The molecule has 1 rings (SSSR count). The number of rotatable bonds is 4. The van der Waals surface area contributed by atoms with Gasteiger partial charge in [-0.1, -0.05) is 30.3 Å². The number of carbonyl (C=O) groups excluding carboxylic acids is 2. The highest BCUT2D eigenvalue weighted by Crippen LogP contribution is 1.98. The highest BCUT2D eigenvalue weighted by Gasteiger charge is 2.05. The first-order valence-corrected chi connectivity index (χ1v) is 4.20. The lowest BCUT2D eigenvalue weighted by molar-refractivity contribution is -0.123. The first-order valence-electron chi connectivity index (χ1n) is 4.20. The van der Waals surface area contributed by atoms with Gasteiger partial charge in [0, 0.05) is 5.56 Å². The molecule has 0 atom stereocenters. The standard InChI is InChI=1S/C10H11NO3/c12-7-10(14)11-6-9(13)8-4-2-1-3-5-8/h1-5,12H,6-7H2,(H,11,14). The summed E-state index contributed by atoms with van der Waals surface area (Å²) in [6, 6.07) is 8.66. The van der Waals surface area contributed by atoms with Crippen molar-refractivity contribution < 1.29 is 14.7 Å². The quantitative estimate of drug-likeness (QED) is 0.660. The monoisotopic (exact) mass is 193 g/mol. The molecule has 0 aliphatic rings. The van der Waals surface area contributed by atoms with E-state index >= 15 is 0 Å². The maximum atomic E-state index is 11.4. The number of ketones is 1. The maximum absolute atomic E-state index is 11.4. The van der Waals surface area contributed by atoms with E-state index in [0.717, 1.165) is 0 Å². The van der Waals surface area contributed by atoms with Gasteiger partial charge in [-0.25, -0.2) is 0 Å². The third-order valence-corrected chi connectivity index (χ3v) is 1.69. The molecule has 0 aliphatic heterocycles. The first-order chi connectivity index (χ1) is 6.74. The van der Waals surface area contributed by atoms with Crippen molar-refractivity contribution in [3.8, 4) is 0 Å². The number of aliphatic hydroxyl groups is 1. The molecule has 1 aromatic carbocycles. The van der Waals surface area contributed by atoms with Crippen molar-refractivity contribution in [3.05, 3.63) is 35.9 Å². The van der Waals surface area contributed by atoms with E-state index in [4.69, 9.17) is 5.11 Å². The Morgan fingerprint density at radius 2 is 1.86 bits per heavy atom. The summed E-state index contributed by atoms with van der Waals surface area (Å²) >= 11 is 0. The summed E-state index contributed by atoms with van der Waals surface area (Å²) in [5, 5.41) is 10.7. The van der Waals surface area contributed by atoms with E-state index in [0.29, 0.717) is 5.56 Å². The minimum atomic E-state index is -0.595. The van der Waals surface area contributed by atoms with Crippen molar-refractivity contribution in [2.75, 3.05) is 13.2 Å². The first kappa shape index (κ1) is 10.4. The van der Waals surface area contributed by atoms with Crippen LogP contribution >= 0.6 is 0 Å². The highest BCUT2D eigenvalue weighted by molar-refractivity contribution is 5.99. The molecule has 0 aromatic heterocycles. The van der Waals surface area contributed by atoms with Gasteiger partial charge in [0.15, 0.2) is 5.78 Å². The Morgan fingerprint density at radius 3 is 2.43 bits per heavy atom. The van der Waals surface area contributed by atoms with Crippen molar-refractivity contribution in [3.63, 3.8) is 0 Å². The molecule has 1 aromatic rings. The van der Waals surface area contributed by atoms with E-state index < -0.39 is 12.5 Å². The molecule has 0 bridgehead atoms. The lowest BCUT2D eigenvalue weighted by atomic mass is 10.1. The zero-order valence-electron chi connectivity index (χ0n) is 7.56. The zero-order valence-corrected chi connectivity index (χ0v) is 7.56. The van der Waals surface area contributed by atoms with Gasteiger partial charge in [0.05, 0.1) is 6.54 Å². The molecule has 74 valence electrons. The van der Waals surface area contributed by atoms with Crippen LogP contribution in [0.1, 0.15) is 10.4 Å². The summed E-state index contributed by atoms with van der Waals surface area (Å²) in [5.74, 6) is -0.721. The molecule has 4 nitrogen and oxygen atoms in total. The van der Waals surface area contributed by atoms with Gasteiger partial charge >= 0.3 is 0 Å². The van der Waals surface area contributed by atoms with Crippen molar-refractivity contribution in [1.82, 2.24) is 5.32 Å². The summed E-state index contributed by atoms with van der Waals surface area (Å²) in [6.07, 6.45) is 0. The number of carbonyl (C=O) groups is 2. The Hall–Kier alpha value is -1.68. The van der Waals surface area contributed by atoms with Gasteiger partial charge in [-0.05, 0) is 0 Å². The lowest BCUT2D eigenvalue weighted by Gasteiger charge is -2.01. The molecule has 0 saturated carbocycles. The van der Waals surface area contributed by atoms with Gasteiger partial charge in [-0.15, -0.1) is 0 Å². The maximum Gasteiger partial charge on any atom is 0.246 e. The molecule has 0 heterocycles. The molecule has 0 aliphatic carbocycles. The van der Waals surface area contributed by atoms with E-state index in [1.165, 1.54) is 0 Å². The molecular formula is C10H11NO3. The fraction of sp³-hybridized carbons (Fsp3) is 0.200. The molecule has 0 spiro atoms. The Bertz CT molecular complexity index is 321. The highest BCUT2D eigenvalue weighted by atomic mass is 16.3. The van der Waals surface area contributed by atoms with Gasteiger partial charge < -0.3 is 10.4 Å². The molecule has 0 fully saturated rings. The molecule has 0 radical (unpaired) electrons. The summed E-state index contributed by atoms with van der Waals surface area (Å²) in [7, 11) is 0. The van der Waals surface area contributed by atoms with Crippen molar-refractivity contribution in [1.29, 1.82) is 0 Å². The molecule has 14 heavy (non-hydrogen) atoms. The molecule has 4 heteroatoms. The van der Waals surface area contributed by atoms with Crippen LogP contribution in [0.4, 0.5) is 0 Å². The number of nitrogens with one attached hydrogen (secondary N) is 1. The van der Waals surface area contributed by atoms with Crippen molar-refractivity contribution in [2.24, 2.45) is 0 Å². The Morgan fingerprint density at radius 1 is 1.21 bits per heavy atom. The van der Waals surface area contributed by atoms with E-state index in [2.05, 4.69) is 5.32 Å². The average molecular weight is 193 g/mol. The topological polar surface area (TPSA) is 66.4 Å².